The summed E-state index contributed by atoms with van der Waals surface area (Å²) in [5.74, 6) is 1.45. The Morgan fingerprint density at radius 3 is 2.34 bits per heavy atom. The summed E-state index contributed by atoms with van der Waals surface area (Å²) in [6.45, 7) is 10.2. The lowest BCUT2D eigenvalue weighted by molar-refractivity contribution is 0.415. The lowest BCUT2D eigenvalue weighted by Crippen LogP contribution is -2.31. The van der Waals surface area contributed by atoms with Gasteiger partial charge in [-0.15, -0.1) is 0 Å². The molecule has 0 amide bonds. The van der Waals surface area contributed by atoms with Gasteiger partial charge in [0.1, 0.15) is 11.4 Å². The van der Waals surface area contributed by atoms with Crippen LogP contribution in [0.25, 0.3) is 34.9 Å². The van der Waals surface area contributed by atoms with Gasteiger partial charge in [-0.3, -0.25) is 0 Å². The first-order chi connectivity index (χ1) is 14.2. The van der Waals surface area contributed by atoms with Gasteiger partial charge in [-0.25, -0.2) is 15.0 Å². The van der Waals surface area contributed by atoms with E-state index >= 15 is 0 Å². The van der Waals surface area contributed by atoms with Crippen LogP contribution in [0.15, 0.2) is 42.5 Å². The molecule has 3 aromatic rings. The zero-order valence-corrected chi connectivity index (χ0v) is 18.4. The van der Waals surface area contributed by atoms with Crippen LogP contribution in [0, 0.1) is 0 Å². The van der Waals surface area contributed by atoms with E-state index in [0.717, 1.165) is 51.8 Å². The van der Waals surface area contributed by atoms with Crippen molar-refractivity contribution in [2.75, 3.05) is 7.11 Å². The summed E-state index contributed by atoms with van der Waals surface area (Å²) >= 11 is 0. The van der Waals surface area contributed by atoms with Crippen molar-refractivity contribution in [2.45, 2.75) is 47.5 Å². The average molecular weight is 390 g/mol. The predicted octanol–water partition coefficient (Wildman–Crippen LogP) is 4.79. The van der Waals surface area contributed by atoms with Crippen LogP contribution in [0.1, 0.15) is 46.7 Å². The predicted molar refractivity (Wildman–Crippen MR) is 122 cm³/mol. The summed E-state index contributed by atoms with van der Waals surface area (Å²) in [6.07, 6.45) is 6.07. The highest BCUT2D eigenvalue weighted by molar-refractivity contribution is 5.65. The molecule has 4 heteroatoms. The molecule has 2 heterocycles. The van der Waals surface area contributed by atoms with Gasteiger partial charge in [0.25, 0.3) is 0 Å². The standard InChI is InChI=1S/C23H25N3O.C2H6/c1-5-10-17-12-9-14-21(24-17)23-25-20(7-3)19(6-2)22(26-23)16-11-8-13-18(15-16)27-4;1-2/h6-9,11-15H,5,10H2,1-4H3;1-2H3/b19-6+,20-7+;. The quantitative estimate of drug-likeness (QED) is 0.629. The molecule has 0 saturated carbocycles. The third-order valence-electron chi connectivity index (χ3n) is 4.42. The number of pyridine rings is 1. The number of hydrogen-bond acceptors (Lipinski definition) is 4. The lowest BCUT2D eigenvalue weighted by atomic mass is 10.1. The molecule has 0 unspecified atom stereocenters. The Kier molecular flexibility index (Phi) is 8.53. The summed E-state index contributed by atoms with van der Waals surface area (Å²) < 4.78 is 5.39. The molecule has 2 aromatic heterocycles. The summed E-state index contributed by atoms with van der Waals surface area (Å²) in [5.41, 5.74) is 3.75. The third-order valence-corrected chi connectivity index (χ3v) is 4.42. The average Bonchev–Trinajstić information content (AvgIpc) is 2.79. The first-order valence-corrected chi connectivity index (χ1v) is 10.3. The zero-order valence-electron chi connectivity index (χ0n) is 18.4. The molecule has 4 nitrogen and oxygen atoms in total. The first kappa shape index (κ1) is 22.3. The van der Waals surface area contributed by atoms with Crippen LogP contribution < -0.4 is 15.3 Å². The van der Waals surface area contributed by atoms with Gasteiger partial charge in [0.05, 0.1) is 18.2 Å². The fourth-order valence-corrected chi connectivity index (χ4v) is 3.10. The highest BCUT2D eigenvalue weighted by atomic mass is 16.5. The van der Waals surface area contributed by atoms with Crippen molar-refractivity contribution in [2.24, 2.45) is 0 Å². The van der Waals surface area contributed by atoms with Crippen molar-refractivity contribution in [3.05, 3.63) is 58.7 Å². The van der Waals surface area contributed by atoms with Crippen molar-refractivity contribution in [1.29, 1.82) is 0 Å². The second-order valence-electron chi connectivity index (χ2n) is 6.27. The normalized spacial score (nSPS) is 11.8. The Morgan fingerprint density at radius 2 is 1.69 bits per heavy atom. The number of aromatic nitrogens is 3. The number of benzene rings is 1. The summed E-state index contributed by atoms with van der Waals surface area (Å²) in [7, 11) is 1.67. The third kappa shape index (κ3) is 5.29. The molecule has 0 bridgehead atoms. The van der Waals surface area contributed by atoms with Gasteiger partial charge in [-0.05, 0) is 44.5 Å². The Labute approximate surface area is 174 Å². The fourth-order valence-electron chi connectivity index (χ4n) is 3.10. The van der Waals surface area contributed by atoms with E-state index in [1.54, 1.807) is 7.11 Å². The van der Waals surface area contributed by atoms with Crippen molar-refractivity contribution in [3.63, 3.8) is 0 Å². The highest BCUT2D eigenvalue weighted by Gasteiger charge is 2.11. The molecule has 29 heavy (non-hydrogen) atoms. The van der Waals surface area contributed by atoms with Gasteiger partial charge in [0, 0.05) is 16.5 Å². The van der Waals surface area contributed by atoms with Gasteiger partial charge in [0.15, 0.2) is 5.82 Å². The molecule has 1 aromatic carbocycles. The molecule has 0 aliphatic heterocycles. The topological polar surface area (TPSA) is 47.9 Å². The number of methoxy groups -OCH3 is 1. The maximum atomic E-state index is 5.39. The largest absolute Gasteiger partial charge is 0.497 e. The van der Waals surface area contributed by atoms with Crippen molar-refractivity contribution < 1.29 is 4.74 Å². The fraction of sp³-hybridized carbons (Fsp3) is 0.320. The van der Waals surface area contributed by atoms with E-state index in [2.05, 4.69) is 19.1 Å². The number of ether oxygens (including phenoxy) is 1. The van der Waals surface area contributed by atoms with E-state index < -0.39 is 0 Å². The molecule has 0 fully saturated rings. The number of aryl methyl sites for hydroxylation is 1. The van der Waals surface area contributed by atoms with E-state index in [9.17, 15) is 0 Å². The minimum absolute atomic E-state index is 0.643. The summed E-state index contributed by atoms with van der Waals surface area (Å²) in [6, 6.07) is 14.0. The molecule has 3 rings (SSSR count). The Hall–Kier alpha value is -3.01. The Bertz CT molecular complexity index is 1060. The molecular weight excluding hydrogens is 358 g/mol. The van der Waals surface area contributed by atoms with E-state index in [1.165, 1.54) is 0 Å². The SMILES string of the molecule is C/C=c1/c(-c2cccc(OC)c2)nc(-c2cccc(CCC)n2)n/c1=C/C.CC. The second-order valence-corrected chi connectivity index (χ2v) is 6.27. The first-order valence-electron chi connectivity index (χ1n) is 10.3. The second kappa shape index (κ2) is 11.1. The monoisotopic (exact) mass is 389 g/mol. The van der Waals surface area contributed by atoms with E-state index in [-0.39, 0.29) is 0 Å². The molecule has 0 N–H and O–H groups in total. The summed E-state index contributed by atoms with van der Waals surface area (Å²) in [4.78, 5) is 14.4. The van der Waals surface area contributed by atoms with Crippen molar-refractivity contribution >= 4 is 12.2 Å². The number of hydrogen-bond donors (Lipinski definition) is 0. The van der Waals surface area contributed by atoms with Crippen LogP contribution in [-0.4, -0.2) is 22.1 Å². The maximum absolute atomic E-state index is 5.39. The van der Waals surface area contributed by atoms with Gasteiger partial charge < -0.3 is 4.74 Å². The Morgan fingerprint density at radius 1 is 0.931 bits per heavy atom. The van der Waals surface area contributed by atoms with Crippen LogP contribution in [-0.2, 0) is 6.42 Å². The van der Waals surface area contributed by atoms with E-state index in [1.807, 2.05) is 70.2 Å². The van der Waals surface area contributed by atoms with Gasteiger partial charge in [-0.1, -0.05) is 57.5 Å². The minimum Gasteiger partial charge on any atom is -0.497 e. The zero-order chi connectivity index (χ0) is 21.2. The van der Waals surface area contributed by atoms with Crippen LogP contribution in [0.5, 0.6) is 5.75 Å². The number of rotatable bonds is 5. The molecular formula is C25H31N3O. The van der Waals surface area contributed by atoms with Gasteiger partial charge in [0.2, 0.25) is 0 Å². The molecule has 0 radical (unpaired) electrons. The van der Waals surface area contributed by atoms with Crippen LogP contribution >= 0.6 is 0 Å². The molecule has 0 saturated heterocycles. The van der Waals surface area contributed by atoms with Crippen LogP contribution in [0.3, 0.4) is 0 Å². The van der Waals surface area contributed by atoms with E-state index in [4.69, 9.17) is 19.7 Å². The smallest absolute Gasteiger partial charge is 0.179 e. The van der Waals surface area contributed by atoms with Crippen molar-refractivity contribution in [1.82, 2.24) is 15.0 Å². The van der Waals surface area contributed by atoms with Crippen LogP contribution in [0.2, 0.25) is 0 Å². The van der Waals surface area contributed by atoms with Crippen LogP contribution in [0.4, 0.5) is 0 Å². The van der Waals surface area contributed by atoms with E-state index in [0.29, 0.717) is 5.82 Å². The maximum Gasteiger partial charge on any atom is 0.179 e. The highest BCUT2D eigenvalue weighted by Crippen LogP contribution is 2.21. The number of nitrogens with zero attached hydrogens (tertiary/aromatic N) is 3. The summed E-state index contributed by atoms with van der Waals surface area (Å²) in [5, 5.41) is 1.92. The minimum atomic E-state index is 0.643. The van der Waals surface area contributed by atoms with Crippen molar-refractivity contribution in [3.8, 4) is 28.5 Å². The molecule has 0 aliphatic rings. The molecule has 152 valence electrons. The molecule has 0 spiro atoms. The molecule has 0 aliphatic carbocycles. The van der Waals surface area contributed by atoms with Gasteiger partial charge >= 0.3 is 0 Å². The lowest BCUT2D eigenvalue weighted by Gasteiger charge is -2.09. The molecule has 0 atom stereocenters. The Balaban J connectivity index is 0.00000145. The van der Waals surface area contributed by atoms with Gasteiger partial charge in [-0.2, -0.15) is 0 Å².